The molecule has 4 nitrogen and oxygen atoms in total. The summed E-state index contributed by atoms with van der Waals surface area (Å²) in [6, 6.07) is 1.35. The number of halogens is 3. The second-order valence-corrected chi connectivity index (χ2v) is 4.95. The summed E-state index contributed by atoms with van der Waals surface area (Å²) in [6.45, 7) is 3.09. The number of phenols is 1. The van der Waals surface area contributed by atoms with Crippen molar-refractivity contribution in [2.45, 2.75) is 19.9 Å². The summed E-state index contributed by atoms with van der Waals surface area (Å²) in [5.74, 6) is -2.05. The van der Waals surface area contributed by atoms with Crippen LogP contribution < -0.4 is 5.73 Å². The Hall–Kier alpha value is -1.04. The third-order valence-corrected chi connectivity index (χ3v) is 3.10. The lowest BCUT2D eigenvalue weighted by Crippen LogP contribution is -2.37. The predicted octanol–water partition coefficient (Wildman–Crippen LogP) is 2.81. The summed E-state index contributed by atoms with van der Waals surface area (Å²) in [5, 5.41) is 9.74. The van der Waals surface area contributed by atoms with Gasteiger partial charge >= 0.3 is 5.97 Å². The van der Waals surface area contributed by atoms with Crippen LogP contribution in [-0.2, 0) is 9.53 Å². The number of benzene rings is 1. The molecule has 0 saturated carbocycles. The Balaban J connectivity index is 0.00000324. The molecule has 1 atom stereocenters. The Kier molecular flexibility index (Phi) is 6.06. The number of carbonyl (C=O) groups is 1. The minimum atomic E-state index is -1.12. The molecule has 108 valence electrons. The van der Waals surface area contributed by atoms with E-state index in [1.165, 1.54) is 13.2 Å². The summed E-state index contributed by atoms with van der Waals surface area (Å²) in [6.07, 6.45) is 0. The summed E-state index contributed by atoms with van der Waals surface area (Å²) >= 11 is 5.71. The summed E-state index contributed by atoms with van der Waals surface area (Å²) in [4.78, 5) is 11.6. The number of ether oxygens (including phenoxy) is 1. The Labute approximate surface area is 122 Å². The molecule has 19 heavy (non-hydrogen) atoms. The van der Waals surface area contributed by atoms with Crippen molar-refractivity contribution in [2.75, 3.05) is 7.11 Å². The van der Waals surface area contributed by atoms with E-state index >= 15 is 0 Å². The van der Waals surface area contributed by atoms with Crippen LogP contribution in [0.25, 0.3) is 0 Å². The van der Waals surface area contributed by atoms with Crippen molar-refractivity contribution in [3.8, 4) is 5.75 Å². The molecule has 0 bridgehead atoms. The second-order valence-electron chi connectivity index (χ2n) is 4.52. The van der Waals surface area contributed by atoms with Crippen molar-refractivity contribution in [1.29, 1.82) is 0 Å². The monoisotopic (exact) mass is 311 g/mol. The molecule has 0 saturated heterocycles. The number of carbonyl (C=O) groups excluding carboxylic acids is 1. The minimum absolute atomic E-state index is 0. The second kappa shape index (κ2) is 6.41. The Morgan fingerprint density at radius 2 is 2.05 bits per heavy atom. The highest BCUT2D eigenvalue weighted by molar-refractivity contribution is 6.30. The van der Waals surface area contributed by atoms with E-state index < -0.39 is 29.0 Å². The van der Waals surface area contributed by atoms with Crippen molar-refractivity contribution in [3.63, 3.8) is 0 Å². The third-order valence-electron chi connectivity index (χ3n) is 2.88. The van der Waals surface area contributed by atoms with Crippen LogP contribution in [0, 0.1) is 11.2 Å². The lowest BCUT2D eigenvalue weighted by Gasteiger charge is -2.29. The van der Waals surface area contributed by atoms with Gasteiger partial charge in [-0.2, -0.15) is 0 Å². The molecule has 0 heterocycles. The zero-order valence-corrected chi connectivity index (χ0v) is 12.3. The Bertz CT molecular complexity index is 480. The first-order chi connectivity index (χ1) is 8.21. The first-order valence-corrected chi connectivity index (χ1v) is 5.61. The number of aromatic hydroxyl groups is 1. The lowest BCUT2D eigenvalue weighted by molar-refractivity contribution is -0.152. The molecule has 0 aliphatic carbocycles. The van der Waals surface area contributed by atoms with Gasteiger partial charge in [-0.15, -0.1) is 12.4 Å². The van der Waals surface area contributed by atoms with E-state index in [0.717, 1.165) is 6.07 Å². The molecule has 7 heteroatoms. The van der Waals surface area contributed by atoms with Crippen LogP contribution in [0.1, 0.15) is 25.5 Å². The van der Waals surface area contributed by atoms with E-state index in [-0.39, 0.29) is 23.0 Å². The van der Waals surface area contributed by atoms with Crippen LogP contribution in [0.3, 0.4) is 0 Å². The van der Waals surface area contributed by atoms with Crippen molar-refractivity contribution in [3.05, 3.63) is 28.5 Å². The van der Waals surface area contributed by atoms with Gasteiger partial charge in [0.15, 0.2) is 11.6 Å². The van der Waals surface area contributed by atoms with Gasteiger partial charge in [-0.25, -0.2) is 4.39 Å². The highest BCUT2D eigenvalue weighted by atomic mass is 35.5. The largest absolute Gasteiger partial charge is 0.505 e. The fourth-order valence-electron chi connectivity index (χ4n) is 1.60. The normalized spacial score (nSPS) is 12.5. The average molecular weight is 312 g/mol. The van der Waals surface area contributed by atoms with Crippen molar-refractivity contribution >= 4 is 30.0 Å². The van der Waals surface area contributed by atoms with Crippen LogP contribution in [0.4, 0.5) is 4.39 Å². The zero-order valence-electron chi connectivity index (χ0n) is 10.7. The molecule has 1 rings (SSSR count). The average Bonchev–Trinajstić information content (AvgIpc) is 2.31. The number of hydrogen-bond acceptors (Lipinski definition) is 4. The molecular formula is C12H16Cl2FNO3. The molecular weight excluding hydrogens is 296 g/mol. The number of methoxy groups -OCH3 is 1. The van der Waals surface area contributed by atoms with E-state index in [0.29, 0.717) is 0 Å². The van der Waals surface area contributed by atoms with Crippen LogP contribution in [-0.4, -0.2) is 18.2 Å². The zero-order chi connectivity index (χ0) is 14.1. The summed E-state index contributed by atoms with van der Waals surface area (Å²) in [7, 11) is 1.23. The van der Waals surface area contributed by atoms with Gasteiger partial charge in [0.1, 0.15) is 0 Å². The number of nitrogens with two attached hydrogens (primary N) is 1. The van der Waals surface area contributed by atoms with E-state index in [1.54, 1.807) is 13.8 Å². The van der Waals surface area contributed by atoms with Crippen LogP contribution in [0.5, 0.6) is 5.75 Å². The molecule has 0 spiro atoms. The van der Waals surface area contributed by atoms with Gasteiger partial charge < -0.3 is 15.6 Å². The smallest absolute Gasteiger partial charge is 0.313 e. The van der Waals surface area contributed by atoms with E-state index in [9.17, 15) is 14.3 Å². The fourth-order valence-corrected chi connectivity index (χ4v) is 1.82. The van der Waals surface area contributed by atoms with E-state index in [2.05, 4.69) is 4.74 Å². The minimum Gasteiger partial charge on any atom is -0.505 e. The van der Waals surface area contributed by atoms with Gasteiger partial charge in [-0.1, -0.05) is 11.6 Å². The van der Waals surface area contributed by atoms with Crippen LogP contribution in [0.15, 0.2) is 12.1 Å². The van der Waals surface area contributed by atoms with Crippen LogP contribution >= 0.6 is 24.0 Å². The SMILES string of the molecule is COC(=O)C(C)(C)[C@@H](N)c1cc(Cl)cc(F)c1O.Cl. The maximum absolute atomic E-state index is 13.4. The molecule has 0 radical (unpaired) electrons. The van der Waals surface area contributed by atoms with Gasteiger partial charge in [-0.05, 0) is 26.0 Å². The molecule has 0 aromatic heterocycles. The van der Waals surface area contributed by atoms with Gasteiger partial charge in [0.05, 0.1) is 12.5 Å². The molecule has 3 N–H and O–H groups in total. The topological polar surface area (TPSA) is 72.5 Å². The van der Waals surface area contributed by atoms with E-state index in [4.69, 9.17) is 17.3 Å². The van der Waals surface area contributed by atoms with Gasteiger partial charge in [-0.3, -0.25) is 4.79 Å². The van der Waals surface area contributed by atoms with E-state index in [1.807, 2.05) is 0 Å². The molecule has 0 aliphatic heterocycles. The number of rotatable bonds is 3. The summed E-state index contributed by atoms with van der Waals surface area (Å²) in [5.41, 5.74) is 4.85. The maximum Gasteiger partial charge on any atom is 0.313 e. The highest BCUT2D eigenvalue weighted by Crippen LogP contribution is 2.38. The quantitative estimate of drug-likeness (QED) is 0.842. The fraction of sp³-hybridized carbons (Fsp3) is 0.417. The number of esters is 1. The Morgan fingerprint density at radius 1 is 1.53 bits per heavy atom. The van der Waals surface area contributed by atoms with Gasteiger partial charge in [0.2, 0.25) is 0 Å². The molecule has 0 unspecified atom stereocenters. The number of hydrogen-bond donors (Lipinski definition) is 2. The molecule has 0 aliphatic rings. The standard InChI is InChI=1S/C12H15ClFNO3.ClH/c1-12(2,11(17)18-3)10(15)7-4-6(13)5-8(14)9(7)16;/h4-5,10,16H,15H2,1-3H3;1H/t10-;/m0./s1. The first-order valence-electron chi connectivity index (χ1n) is 5.23. The molecule has 1 aromatic carbocycles. The highest BCUT2D eigenvalue weighted by Gasteiger charge is 2.38. The predicted molar refractivity (Wildman–Crippen MR) is 73.0 cm³/mol. The van der Waals surface area contributed by atoms with Crippen molar-refractivity contribution in [2.24, 2.45) is 11.1 Å². The first kappa shape index (κ1) is 18.0. The van der Waals surface area contributed by atoms with Crippen LogP contribution in [0.2, 0.25) is 5.02 Å². The number of phenolic OH excluding ortho intramolecular Hbond substituents is 1. The molecule has 0 amide bonds. The lowest BCUT2D eigenvalue weighted by atomic mass is 9.80. The van der Waals surface area contributed by atoms with Gasteiger partial charge in [0.25, 0.3) is 0 Å². The summed E-state index contributed by atoms with van der Waals surface area (Å²) < 4.78 is 18.0. The molecule has 1 aromatic rings. The maximum atomic E-state index is 13.4. The van der Waals surface area contributed by atoms with Crippen molar-refractivity contribution < 1.29 is 19.0 Å². The van der Waals surface area contributed by atoms with Crippen molar-refractivity contribution in [1.82, 2.24) is 0 Å². The molecule has 0 fully saturated rings. The third kappa shape index (κ3) is 3.49. The Morgan fingerprint density at radius 3 is 2.53 bits per heavy atom. The van der Waals surface area contributed by atoms with Gasteiger partial charge in [0, 0.05) is 16.6 Å².